The first-order valence-corrected chi connectivity index (χ1v) is 19.2. The molecule has 0 aliphatic heterocycles. The summed E-state index contributed by atoms with van der Waals surface area (Å²) in [6, 6.07) is 70.3. The Hall–Kier alpha value is -6.81. The summed E-state index contributed by atoms with van der Waals surface area (Å²) in [5, 5.41) is 7.53. The van der Waals surface area contributed by atoms with Gasteiger partial charge in [0, 0.05) is 31.4 Å². The Kier molecular flexibility index (Phi) is 7.07. The first-order valence-electron chi connectivity index (χ1n) is 18.4. The fourth-order valence-corrected chi connectivity index (χ4v) is 9.63. The third-order valence-electron chi connectivity index (χ3n) is 10.8. The Labute approximate surface area is 316 Å². The van der Waals surface area contributed by atoms with Gasteiger partial charge in [0.2, 0.25) is 0 Å². The molecular formula is C51H32N2S. The summed E-state index contributed by atoms with van der Waals surface area (Å²) in [6.45, 7) is 0. The lowest BCUT2D eigenvalue weighted by Crippen LogP contribution is -1.99. The minimum atomic E-state index is 0.926. The molecule has 0 aliphatic rings. The molecule has 0 bridgehead atoms. The van der Waals surface area contributed by atoms with Crippen LogP contribution in [-0.2, 0) is 0 Å². The normalized spacial score (nSPS) is 11.7. The zero-order chi connectivity index (χ0) is 35.6. The molecular weight excluding hydrogens is 673 g/mol. The van der Waals surface area contributed by atoms with Crippen molar-refractivity contribution in [2.45, 2.75) is 0 Å². The maximum absolute atomic E-state index is 5.35. The standard InChI is InChI=1S/C51H32N2S/c1-3-16-33(17-4-1)34-30-31-39-43(32-34)49(42-25-15-29-47-50(42)41-24-11-14-28-46(41)54-47)37-21-8-7-20-36(37)48(39)38-22-9-10-23-40(38)51-52-44-26-12-13-27-45(44)53(51)35-18-5-2-6-19-35/h1-32H. The van der Waals surface area contributed by atoms with Gasteiger partial charge in [0.25, 0.3) is 0 Å². The molecule has 0 unspecified atom stereocenters. The highest BCUT2D eigenvalue weighted by Gasteiger charge is 2.24. The molecule has 0 spiro atoms. The summed E-state index contributed by atoms with van der Waals surface area (Å²) in [5.74, 6) is 0.926. The van der Waals surface area contributed by atoms with E-state index in [2.05, 4.69) is 199 Å². The molecule has 0 radical (unpaired) electrons. The van der Waals surface area contributed by atoms with Gasteiger partial charge < -0.3 is 0 Å². The van der Waals surface area contributed by atoms with E-state index < -0.39 is 0 Å². The number of para-hydroxylation sites is 3. The molecule has 0 saturated carbocycles. The van der Waals surface area contributed by atoms with Gasteiger partial charge in [-0.05, 0) is 97.4 Å². The van der Waals surface area contributed by atoms with Crippen molar-refractivity contribution in [2.75, 3.05) is 0 Å². The largest absolute Gasteiger partial charge is 0.292 e. The lowest BCUT2D eigenvalue weighted by atomic mass is 9.83. The Morgan fingerprint density at radius 2 is 0.981 bits per heavy atom. The number of hydrogen-bond donors (Lipinski definition) is 0. The van der Waals surface area contributed by atoms with Gasteiger partial charge in [-0.25, -0.2) is 4.98 Å². The van der Waals surface area contributed by atoms with Crippen molar-refractivity contribution in [3.05, 3.63) is 194 Å². The number of hydrogen-bond acceptors (Lipinski definition) is 2. The summed E-state index contributed by atoms with van der Waals surface area (Å²) in [4.78, 5) is 5.35. The fraction of sp³-hybridized carbons (Fsp3) is 0. The summed E-state index contributed by atoms with van der Waals surface area (Å²) in [7, 11) is 0. The second kappa shape index (κ2) is 12.4. The van der Waals surface area contributed by atoms with Crippen LogP contribution < -0.4 is 0 Å². The van der Waals surface area contributed by atoms with Crippen molar-refractivity contribution in [1.82, 2.24) is 9.55 Å². The number of aromatic nitrogens is 2. The first-order chi connectivity index (χ1) is 26.8. The Morgan fingerprint density at radius 3 is 1.80 bits per heavy atom. The fourth-order valence-electron chi connectivity index (χ4n) is 8.49. The predicted molar refractivity (Wildman–Crippen MR) is 231 cm³/mol. The van der Waals surface area contributed by atoms with Crippen molar-refractivity contribution >= 4 is 64.1 Å². The average molecular weight is 705 g/mol. The number of thiophene rings is 1. The van der Waals surface area contributed by atoms with E-state index in [4.69, 9.17) is 4.98 Å². The van der Waals surface area contributed by atoms with Gasteiger partial charge in [0.1, 0.15) is 5.82 Å². The lowest BCUT2D eigenvalue weighted by Gasteiger charge is -2.21. The van der Waals surface area contributed by atoms with E-state index in [1.165, 1.54) is 69.5 Å². The molecule has 0 N–H and O–H groups in total. The molecule has 0 fully saturated rings. The second-order valence-electron chi connectivity index (χ2n) is 13.8. The van der Waals surface area contributed by atoms with Gasteiger partial charge >= 0.3 is 0 Å². The van der Waals surface area contributed by atoms with E-state index >= 15 is 0 Å². The lowest BCUT2D eigenvalue weighted by molar-refractivity contribution is 1.10. The van der Waals surface area contributed by atoms with E-state index in [-0.39, 0.29) is 0 Å². The van der Waals surface area contributed by atoms with Crippen molar-refractivity contribution in [3.63, 3.8) is 0 Å². The maximum atomic E-state index is 5.35. The predicted octanol–water partition coefficient (Wildman–Crippen LogP) is 14.4. The van der Waals surface area contributed by atoms with E-state index in [1.807, 2.05) is 11.3 Å². The molecule has 2 nitrogen and oxygen atoms in total. The third-order valence-corrected chi connectivity index (χ3v) is 12.0. The first kappa shape index (κ1) is 30.8. The van der Waals surface area contributed by atoms with E-state index in [0.29, 0.717) is 0 Å². The van der Waals surface area contributed by atoms with E-state index in [0.717, 1.165) is 33.7 Å². The molecule has 9 aromatic carbocycles. The van der Waals surface area contributed by atoms with Crippen LogP contribution in [0.4, 0.5) is 0 Å². The smallest absolute Gasteiger partial charge is 0.146 e. The van der Waals surface area contributed by atoms with Gasteiger partial charge in [-0.3, -0.25) is 4.57 Å². The number of imidazole rings is 1. The van der Waals surface area contributed by atoms with Crippen molar-refractivity contribution < 1.29 is 0 Å². The maximum Gasteiger partial charge on any atom is 0.146 e. The summed E-state index contributed by atoms with van der Waals surface area (Å²) >= 11 is 1.87. The summed E-state index contributed by atoms with van der Waals surface area (Å²) in [6.07, 6.45) is 0. The zero-order valence-electron chi connectivity index (χ0n) is 29.3. The molecule has 0 atom stereocenters. The topological polar surface area (TPSA) is 17.8 Å². The molecule has 2 aromatic heterocycles. The molecule has 0 saturated heterocycles. The van der Waals surface area contributed by atoms with E-state index in [9.17, 15) is 0 Å². The summed E-state index contributed by atoms with van der Waals surface area (Å²) < 4.78 is 4.92. The van der Waals surface area contributed by atoms with Crippen LogP contribution in [-0.4, -0.2) is 9.55 Å². The van der Waals surface area contributed by atoms with Gasteiger partial charge in [-0.1, -0.05) is 152 Å². The van der Waals surface area contributed by atoms with Crippen LogP contribution in [0.25, 0.3) is 103 Å². The number of nitrogens with zero attached hydrogens (tertiary/aromatic N) is 2. The van der Waals surface area contributed by atoms with Gasteiger partial charge in [0.15, 0.2) is 0 Å². The monoisotopic (exact) mass is 704 g/mol. The summed E-state index contributed by atoms with van der Waals surface area (Å²) in [5.41, 5.74) is 11.6. The van der Waals surface area contributed by atoms with Crippen molar-refractivity contribution in [3.8, 4) is 50.5 Å². The highest BCUT2D eigenvalue weighted by atomic mass is 32.1. The molecule has 2 heterocycles. The average Bonchev–Trinajstić information content (AvgIpc) is 3.82. The van der Waals surface area contributed by atoms with Crippen LogP contribution >= 0.6 is 11.3 Å². The Balaban J connectivity index is 1.28. The van der Waals surface area contributed by atoms with Crippen LogP contribution in [0.3, 0.4) is 0 Å². The van der Waals surface area contributed by atoms with Gasteiger partial charge in [0.05, 0.1) is 11.0 Å². The highest BCUT2D eigenvalue weighted by Crippen LogP contribution is 2.50. The number of benzene rings is 9. The molecule has 11 rings (SSSR count). The van der Waals surface area contributed by atoms with Gasteiger partial charge in [-0.2, -0.15) is 0 Å². The molecule has 0 amide bonds. The number of fused-ring (bicyclic) bond motifs is 6. The van der Waals surface area contributed by atoms with Gasteiger partial charge in [-0.15, -0.1) is 11.3 Å². The van der Waals surface area contributed by atoms with Crippen molar-refractivity contribution in [1.29, 1.82) is 0 Å². The van der Waals surface area contributed by atoms with E-state index in [1.54, 1.807) is 0 Å². The quantitative estimate of drug-likeness (QED) is 0.163. The van der Waals surface area contributed by atoms with Crippen LogP contribution in [0.2, 0.25) is 0 Å². The highest BCUT2D eigenvalue weighted by molar-refractivity contribution is 7.25. The zero-order valence-corrected chi connectivity index (χ0v) is 30.1. The number of rotatable bonds is 5. The third kappa shape index (κ3) is 4.76. The Morgan fingerprint density at radius 1 is 0.389 bits per heavy atom. The van der Waals surface area contributed by atoms with Crippen LogP contribution in [0, 0.1) is 0 Å². The molecule has 54 heavy (non-hydrogen) atoms. The SMILES string of the molecule is c1ccc(-c2ccc3c(-c4ccccc4-c4nc5ccccc5n4-c4ccccc4)c4ccccc4c(-c4cccc5sc6ccccc6c45)c3c2)cc1. The van der Waals surface area contributed by atoms with Crippen molar-refractivity contribution in [2.24, 2.45) is 0 Å². The molecule has 3 heteroatoms. The molecule has 252 valence electrons. The minimum Gasteiger partial charge on any atom is -0.292 e. The molecule has 11 aromatic rings. The van der Waals surface area contributed by atoms with Crippen LogP contribution in [0.5, 0.6) is 0 Å². The van der Waals surface area contributed by atoms with Crippen LogP contribution in [0.1, 0.15) is 0 Å². The Bertz CT molecular complexity index is 3210. The minimum absolute atomic E-state index is 0.926. The second-order valence-corrected chi connectivity index (χ2v) is 14.9. The molecule has 0 aliphatic carbocycles. The van der Waals surface area contributed by atoms with Crippen LogP contribution in [0.15, 0.2) is 194 Å².